The molecule has 18 heavy (non-hydrogen) atoms. The Morgan fingerprint density at radius 3 is 2.61 bits per heavy atom. The fraction of sp³-hybridized carbons (Fsp3) is 0.600. The Balaban J connectivity index is 0.00000162. The number of sulfonamides is 1. The SMILES string of the molecule is Cc1cc(S(=O)(=O)NC(CN)C2CC2)sc1Cl.Cl. The number of nitrogens with two attached hydrogens (primary N) is 1. The Labute approximate surface area is 122 Å². The van der Waals surface area contributed by atoms with Gasteiger partial charge in [-0.05, 0) is 37.3 Å². The molecule has 1 atom stereocenters. The van der Waals surface area contributed by atoms with Crippen molar-refractivity contribution in [1.29, 1.82) is 0 Å². The van der Waals surface area contributed by atoms with Crippen LogP contribution in [-0.2, 0) is 10.0 Å². The van der Waals surface area contributed by atoms with Crippen molar-refractivity contribution >= 4 is 45.4 Å². The molecule has 1 saturated carbocycles. The van der Waals surface area contributed by atoms with Crippen LogP contribution >= 0.6 is 35.3 Å². The number of hydrogen-bond acceptors (Lipinski definition) is 4. The first kappa shape index (κ1) is 16.2. The van der Waals surface area contributed by atoms with E-state index in [1.54, 1.807) is 13.0 Å². The molecule has 0 aliphatic heterocycles. The summed E-state index contributed by atoms with van der Waals surface area (Å²) in [4.78, 5) is 0. The third-order valence-electron chi connectivity index (χ3n) is 2.85. The highest BCUT2D eigenvalue weighted by Crippen LogP contribution is 2.34. The highest BCUT2D eigenvalue weighted by Gasteiger charge is 2.33. The van der Waals surface area contributed by atoms with Crippen LogP contribution in [-0.4, -0.2) is 21.0 Å². The van der Waals surface area contributed by atoms with E-state index in [-0.39, 0.29) is 22.7 Å². The molecular weight excluding hydrogens is 315 g/mol. The van der Waals surface area contributed by atoms with Gasteiger partial charge < -0.3 is 5.73 Å². The van der Waals surface area contributed by atoms with Gasteiger partial charge in [-0.2, -0.15) is 0 Å². The second-order valence-electron chi connectivity index (χ2n) is 4.32. The zero-order chi connectivity index (χ0) is 12.6. The summed E-state index contributed by atoms with van der Waals surface area (Å²) in [6.07, 6.45) is 2.10. The first-order chi connectivity index (χ1) is 7.94. The van der Waals surface area contributed by atoms with Crippen LogP contribution in [0.1, 0.15) is 18.4 Å². The lowest BCUT2D eigenvalue weighted by Crippen LogP contribution is -2.41. The smallest absolute Gasteiger partial charge is 0.250 e. The normalized spacial score (nSPS) is 17.3. The molecule has 1 aromatic heterocycles. The van der Waals surface area contributed by atoms with Gasteiger partial charge in [-0.15, -0.1) is 23.7 Å². The molecule has 0 amide bonds. The minimum Gasteiger partial charge on any atom is -0.329 e. The maximum absolute atomic E-state index is 12.1. The Morgan fingerprint density at radius 1 is 1.61 bits per heavy atom. The minimum atomic E-state index is -3.47. The number of halogens is 2. The second-order valence-corrected chi connectivity index (χ2v) is 7.92. The van der Waals surface area contributed by atoms with E-state index >= 15 is 0 Å². The molecule has 4 nitrogen and oxygen atoms in total. The van der Waals surface area contributed by atoms with Crippen LogP contribution in [0, 0.1) is 12.8 Å². The van der Waals surface area contributed by atoms with E-state index in [2.05, 4.69) is 4.72 Å². The summed E-state index contributed by atoms with van der Waals surface area (Å²) in [7, 11) is -3.47. The van der Waals surface area contributed by atoms with Gasteiger partial charge in [0, 0.05) is 12.6 Å². The Hall–Kier alpha value is 0.150. The van der Waals surface area contributed by atoms with Crippen molar-refractivity contribution in [3.8, 4) is 0 Å². The molecule has 2 rings (SSSR count). The van der Waals surface area contributed by atoms with Gasteiger partial charge >= 0.3 is 0 Å². The fourth-order valence-corrected chi connectivity index (χ4v) is 4.70. The van der Waals surface area contributed by atoms with Crippen molar-refractivity contribution in [3.05, 3.63) is 16.0 Å². The molecule has 1 aliphatic rings. The van der Waals surface area contributed by atoms with Crippen molar-refractivity contribution in [2.75, 3.05) is 6.54 Å². The highest BCUT2D eigenvalue weighted by molar-refractivity contribution is 7.91. The van der Waals surface area contributed by atoms with Crippen molar-refractivity contribution < 1.29 is 8.42 Å². The standard InChI is InChI=1S/C10H15ClN2O2S2.ClH/c1-6-4-9(16-10(6)11)17(14,15)13-8(5-12)7-2-3-7;/h4,7-8,13H,2-3,5,12H2,1H3;1H. The monoisotopic (exact) mass is 330 g/mol. The molecule has 3 N–H and O–H groups in total. The molecule has 1 heterocycles. The molecule has 0 bridgehead atoms. The predicted molar refractivity (Wildman–Crippen MR) is 77.2 cm³/mol. The maximum atomic E-state index is 12.1. The zero-order valence-corrected chi connectivity index (χ0v) is 13.1. The van der Waals surface area contributed by atoms with Crippen molar-refractivity contribution in [1.82, 2.24) is 4.72 Å². The summed E-state index contributed by atoms with van der Waals surface area (Å²) in [6, 6.07) is 1.44. The van der Waals surface area contributed by atoms with Crippen LogP contribution in [0.5, 0.6) is 0 Å². The summed E-state index contributed by atoms with van der Waals surface area (Å²) in [5.41, 5.74) is 6.37. The first-order valence-electron chi connectivity index (χ1n) is 5.42. The molecule has 0 radical (unpaired) electrons. The molecule has 0 aromatic carbocycles. The molecule has 1 fully saturated rings. The Bertz CT molecular complexity index is 492. The number of nitrogens with one attached hydrogen (secondary N) is 1. The summed E-state index contributed by atoms with van der Waals surface area (Å²) in [5, 5.41) is 0. The van der Waals surface area contributed by atoms with Gasteiger partial charge in [-0.3, -0.25) is 0 Å². The molecule has 0 saturated heterocycles. The summed E-state index contributed by atoms with van der Waals surface area (Å²) >= 11 is 6.96. The molecular formula is C10H16Cl2N2O2S2. The number of rotatable bonds is 5. The lowest BCUT2D eigenvalue weighted by molar-refractivity contribution is 0.520. The van der Waals surface area contributed by atoms with Gasteiger partial charge in [0.15, 0.2) is 0 Å². The minimum absolute atomic E-state index is 0. The second kappa shape index (κ2) is 6.07. The molecule has 0 spiro atoms. The Morgan fingerprint density at radius 2 is 2.22 bits per heavy atom. The van der Waals surface area contributed by atoms with Gasteiger partial charge in [-0.25, -0.2) is 13.1 Å². The third-order valence-corrected chi connectivity index (χ3v) is 6.37. The van der Waals surface area contributed by atoms with Gasteiger partial charge in [0.05, 0.1) is 4.34 Å². The molecule has 1 unspecified atom stereocenters. The number of hydrogen-bond donors (Lipinski definition) is 2. The molecule has 8 heteroatoms. The van der Waals surface area contributed by atoms with Crippen LogP contribution < -0.4 is 10.5 Å². The van der Waals surface area contributed by atoms with Gasteiger partial charge in [-0.1, -0.05) is 11.6 Å². The third kappa shape index (κ3) is 3.59. The van der Waals surface area contributed by atoms with E-state index in [0.29, 0.717) is 16.8 Å². The lowest BCUT2D eigenvalue weighted by Gasteiger charge is -2.15. The number of aryl methyl sites for hydroxylation is 1. The molecule has 104 valence electrons. The van der Waals surface area contributed by atoms with E-state index in [1.165, 1.54) is 0 Å². The van der Waals surface area contributed by atoms with E-state index in [0.717, 1.165) is 29.7 Å². The van der Waals surface area contributed by atoms with Crippen molar-refractivity contribution in [2.45, 2.75) is 30.0 Å². The molecule has 1 aliphatic carbocycles. The van der Waals surface area contributed by atoms with E-state index in [1.807, 2.05) is 0 Å². The maximum Gasteiger partial charge on any atom is 0.250 e. The van der Waals surface area contributed by atoms with Crippen LogP contribution in [0.15, 0.2) is 10.3 Å². The number of thiophene rings is 1. The topological polar surface area (TPSA) is 72.2 Å². The highest BCUT2D eigenvalue weighted by atomic mass is 35.5. The fourth-order valence-electron chi connectivity index (χ4n) is 1.66. The summed E-state index contributed by atoms with van der Waals surface area (Å²) < 4.78 is 27.6. The van der Waals surface area contributed by atoms with E-state index < -0.39 is 10.0 Å². The van der Waals surface area contributed by atoms with Crippen LogP contribution in [0.25, 0.3) is 0 Å². The van der Waals surface area contributed by atoms with Gasteiger partial charge in [0.1, 0.15) is 4.21 Å². The molecule has 1 aromatic rings. The van der Waals surface area contributed by atoms with Crippen LogP contribution in [0.3, 0.4) is 0 Å². The van der Waals surface area contributed by atoms with Gasteiger partial charge in [0.2, 0.25) is 10.0 Å². The largest absolute Gasteiger partial charge is 0.329 e. The van der Waals surface area contributed by atoms with Crippen LogP contribution in [0.2, 0.25) is 4.34 Å². The predicted octanol–water partition coefficient (Wildman–Crippen LogP) is 2.15. The first-order valence-corrected chi connectivity index (χ1v) is 8.10. The quantitative estimate of drug-likeness (QED) is 0.868. The average molecular weight is 331 g/mol. The zero-order valence-electron chi connectivity index (χ0n) is 9.85. The van der Waals surface area contributed by atoms with Crippen LogP contribution in [0.4, 0.5) is 0 Å². The van der Waals surface area contributed by atoms with Gasteiger partial charge in [0.25, 0.3) is 0 Å². The van der Waals surface area contributed by atoms with E-state index in [4.69, 9.17) is 17.3 Å². The Kier molecular flexibility index (Phi) is 5.46. The summed E-state index contributed by atoms with van der Waals surface area (Å²) in [6.45, 7) is 2.13. The summed E-state index contributed by atoms with van der Waals surface area (Å²) in [5.74, 6) is 0.395. The van der Waals surface area contributed by atoms with Crippen molar-refractivity contribution in [2.24, 2.45) is 11.7 Å². The van der Waals surface area contributed by atoms with E-state index in [9.17, 15) is 8.42 Å². The van der Waals surface area contributed by atoms with Crippen molar-refractivity contribution in [3.63, 3.8) is 0 Å². The lowest BCUT2D eigenvalue weighted by atomic mass is 10.2. The average Bonchev–Trinajstić information content (AvgIpc) is 3.03.